The van der Waals surface area contributed by atoms with Gasteiger partial charge in [0.05, 0.1) is 23.1 Å². The molecule has 7 heteroatoms. The van der Waals surface area contributed by atoms with Gasteiger partial charge in [0.1, 0.15) is 5.82 Å². The minimum Gasteiger partial charge on any atom is -0.370 e. The van der Waals surface area contributed by atoms with Crippen LogP contribution < -0.4 is 5.32 Å². The normalized spacial score (nSPS) is 32.1. The largest absolute Gasteiger partial charge is 0.370 e. The van der Waals surface area contributed by atoms with Crippen LogP contribution in [0.4, 0.5) is 0 Å². The Hall–Kier alpha value is -1.70. The zero-order valence-corrected chi connectivity index (χ0v) is 16.6. The lowest BCUT2D eigenvalue weighted by molar-refractivity contribution is 0.00196. The highest BCUT2D eigenvalue weighted by atomic mass is 32.1. The third-order valence-electron chi connectivity index (χ3n) is 6.45. The van der Waals surface area contributed by atoms with E-state index in [2.05, 4.69) is 20.2 Å². The number of nitrogens with zero attached hydrogens (tertiary/aromatic N) is 2. The number of ether oxygens (including phenoxy) is 1. The van der Waals surface area contributed by atoms with Crippen LogP contribution >= 0.6 is 11.3 Å². The Kier molecular flexibility index (Phi) is 4.14. The highest BCUT2D eigenvalue weighted by Crippen LogP contribution is 2.54. The number of amides is 1. The summed E-state index contributed by atoms with van der Waals surface area (Å²) in [5, 5.41) is 3.17. The fourth-order valence-corrected chi connectivity index (χ4v) is 6.08. The number of nitrogens with one attached hydrogen (secondary N) is 2. The Morgan fingerprint density at radius 2 is 2.37 bits per heavy atom. The molecule has 144 valence electrons. The molecule has 0 saturated carbocycles. The van der Waals surface area contributed by atoms with E-state index < -0.39 is 0 Å². The standard InChI is InChI=1S/C20H26N4O2S/c1-12-7-21-18(23-12)10-24-9-15-14(16-5-6-20(15,11-24)26-16)8-22-19(25)17-4-3-13(2)27-17/h3-4,7,14-16H,5-6,8-11H2,1-2H3,(H,21,23)(H,22,25)/t14-,15+,16+,20+/m0/s1. The average molecular weight is 387 g/mol. The summed E-state index contributed by atoms with van der Waals surface area (Å²) in [5.74, 6) is 1.98. The maximum atomic E-state index is 12.5. The molecule has 6 nitrogen and oxygen atoms in total. The quantitative estimate of drug-likeness (QED) is 0.828. The van der Waals surface area contributed by atoms with Gasteiger partial charge in [-0.15, -0.1) is 11.3 Å². The molecule has 2 bridgehead atoms. The second-order valence-electron chi connectivity index (χ2n) is 8.33. The number of aromatic nitrogens is 2. The summed E-state index contributed by atoms with van der Waals surface area (Å²) < 4.78 is 6.49. The molecule has 1 amide bonds. The van der Waals surface area contributed by atoms with Crippen LogP contribution in [-0.4, -0.2) is 52.1 Å². The number of rotatable bonds is 5. The van der Waals surface area contributed by atoms with Crippen LogP contribution in [0.1, 0.15) is 38.9 Å². The third-order valence-corrected chi connectivity index (χ3v) is 7.45. The Balaban J connectivity index is 1.24. The van der Waals surface area contributed by atoms with E-state index in [1.165, 1.54) is 4.88 Å². The molecule has 3 saturated heterocycles. The highest BCUT2D eigenvalue weighted by molar-refractivity contribution is 7.13. The number of aromatic amines is 1. The second-order valence-corrected chi connectivity index (χ2v) is 9.62. The van der Waals surface area contributed by atoms with E-state index in [4.69, 9.17) is 4.74 Å². The molecule has 1 spiro atoms. The van der Waals surface area contributed by atoms with Gasteiger partial charge in [-0.25, -0.2) is 4.98 Å². The number of thiophene rings is 1. The van der Waals surface area contributed by atoms with Crippen molar-refractivity contribution in [2.75, 3.05) is 19.6 Å². The monoisotopic (exact) mass is 386 g/mol. The first-order chi connectivity index (χ1) is 13.0. The van der Waals surface area contributed by atoms with Crippen LogP contribution in [0.2, 0.25) is 0 Å². The van der Waals surface area contributed by atoms with E-state index >= 15 is 0 Å². The lowest BCUT2D eigenvalue weighted by Gasteiger charge is -2.29. The molecule has 5 rings (SSSR count). The first kappa shape index (κ1) is 17.4. The number of hydrogen-bond donors (Lipinski definition) is 2. The van der Waals surface area contributed by atoms with Crippen LogP contribution in [0, 0.1) is 25.7 Å². The van der Waals surface area contributed by atoms with Gasteiger partial charge in [0.25, 0.3) is 5.91 Å². The summed E-state index contributed by atoms with van der Waals surface area (Å²) in [4.78, 5) is 24.7. The third kappa shape index (κ3) is 3.02. The molecular weight excluding hydrogens is 360 g/mol. The highest BCUT2D eigenvalue weighted by Gasteiger charge is 2.62. The van der Waals surface area contributed by atoms with E-state index in [0.29, 0.717) is 24.5 Å². The number of imidazole rings is 1. The van der Waals surface area contributed by atoms with E-state index in [9.17, 15) is 4.79 Å². The minimum absolute atomic E-state index is 0.0127. The van der Waals surface area contributed by atoms with Crippen LogP contribution in [0.3, 0.4) is 0 Å². The molecular formula is C20H26N4O2S. The number of H-pyrrole nitrogens is 1. The summed E-state index contributed by atoms with van der Waals surface area (Å²) in [5.41, 5.74) is 1.09. The smallest absolute Gasteiger partial charge is 0.261 e. The molecule has 27 heavy (non-hydrogen) atoms. The van der Waals surface area contributed by atoms with E-state index in [0.717, 1.165) is 48.9 Å². The number of carbonyl (C=O) groups excluding carboxylic acids is 1. The minimum atomic E-state index is -0.0127. The molecule has 2 aromatic heterocycles. The van der Waals surface area contributed by atoms with Gasteiger partial charge in [-0.05, 0) is 38.8 Å². The molecule has 0 aliphatic carbocycles. The summed E-state index contributed by atoms with van der Waals surface area (Å²) in [6, 6.07) is 3.91. The maximum Gasteiger partial charge on any atom is 0.261 e. The molecule has 2 aromatic rings. The summed E-state index contributed by atoms with van der Waals surface area (Å²) in [6.45, 7) is 7.61. The number of hydrogen-bond acceptors (Lipinski definition) is 5. The number of fused-ring (bicyclic) bond motifs is 1. The van der Waals surface area contributed by atoms with Crippen LogP contribution in [0.25, 0.3) is 0 Å². The Morgan fingerprint density at radius 3 is 3.11 bits per heavy atom. The van der Waals surface area contributed by atoms with Gasteiger partial charge in [-0.1, -0.05) is 0 Å². The molecule has 0 unspecified atom stereocenters. The Labute approximate surface area is 163 Å². The van der Waals surface area contributed by atoms with Crippen molar-refractivity contribution in [1.82, 2.24) is 20.2 Å². The van der Waals surface area contributed by atoms with Gasteiger partial charge in [-0.2, -0.15) is 0 Å². The fraction of sp³-hybridized carbons (Fsp3) is 0.600. The number of likely N-dealkylation sites (tertiary alicyclic amines) is 1. The molecule has 3 aliphatic rings. The van der Waals surface area contributed by atoms with E-state index in [1.807, 2.05) is 32.2 Å². The maximum absolute atomic E-state index is 12.5. The topological polar surface area (TPSA) is 70.2 Å². The zero-order chi connectivity index (χ0) is 18.6. The van der Waals surface area contributed by atoms with Crippen molar-refractivity contribution in [3.63, 3.8) is 0 Å². The summed E-state index contributed by atoms with van der Waals surface area (Å²) in [7, 11) is 0. The molecule has 0 radical (unpaired) electrons. The van der Waals surface area contributed by atoms with Crippen LogP contribution in [0.15, 0.2) is 18.3 Å². The van der Waals surface area contributed by atoms with Gasteiger partial charge in [0.2, 0.25) is 0 Å². The molecule has 2 N–H and O–H groups in total. The van der Waals surface area contributed by atoms with Gasteiger partial charge in [0.15, 0.2) is 0 Å². The van der Waals surface area contributed by atoms with E-state index in [1.54, 1.807) is 11.3 Å². The molecule has 3 aliphatic heterocycles. The fourth-order valence-electron chi connectivity index (χ4n) is 5.29. The second kappa shape index (κ2) is 6.43. The molecule has 5 heterocycles. The Bertz CT molecular complexity index is 862. The van der Waals surface area contributed by atoms with Crippen LogP contribution in [0.5, 0.6) is 0 Å². The van der Waals surface area contributed by atoms with Gasteiger partial charge in [0, 0.05) is 48.2 Å². The van der Waals surface area contributed by atoms with E-state index in [-0.39, 0.29) is 11.5 Å². The predicted octanol–water partition coefficient (Wildman–Crippen LogP) is 2.50. The van der Waals surface area contributed by atoms with Crippen LogP contribution in [-0.2, 0) is 11.3 Å². The first-order valence-electron chi connectivity index (χ1n) is 9.78. The number of carbonyl (C=O) groups is 1. The van der Waals surface area contributed by atoms with Gasteiger partial charge in [-0.3, -0.25) is 9.69 Å². The SMILES string of the molecule is Cc1cnc(CN2C[C@@H]3[C@H](CNC(=O)c4ccc(C)s4)[C@H]4CC[C@]3(C2)O4)[nH]1. The van der Waals surface area contributed by atoms with Crippen molar-refractivity contribution in [1.29, 1.82) is 0 Å². The van der Waals surface area contributed by atoms with Crippen molar-refractivity contribution in [3.05, 3.63) is 39.6 Å². The van der Waals surface area contributed by atoms with Crippen molar-refractivity contribution in [3.8, 4) is 0 Å². The van der Waals surface area contributed by atoms with Gasteiger partial charge >= 0.3 is 0 Å². The molecule has 0 aromatic carbocycles. The number of aryl methyl sites for hydroxylation is 2. The van der Waals surface area contributed by atoms with Crippen molar-refractivity contribution >= 4 is 17.2 Å². The molecule has 4 atom stereocenters. The molecule has 3 fully saturated rings. The lowest BCUT2D eigenvalue weighted by Crippen LogP contribution is -2.41. The van der Waals surface area contributed by atoms with Crippen molar-refractivity contribution in [2.24, 2.45) is 11.8 Å². The summed E-state index contributed by atoms with van der Waals surface area (Å²) in [6.07, 6.45) is 4.44. The van der Waals surface area contributed by atoms with Gasteiger partial charge < -0.3 is 15.0 Å². The first-order valence-corrected chi connectivity index (χ1v) is 10.6. The average Bonchev–Trinajstić information content (AvgIpc) is 3.41. The zero-order valence-electron chi connectivity index (χ0n) is 15.8. The predicted molar refractivity (Wildman–Crippen MR) is 104 cm³/mol. The van der Waals surface area contributed by atoms with Crippen molar-refractivity contribution < 1.29 is 9.53 Å². The Morgan fingerprint density at radius 1 is 1.48 bits per heavy atom. The van der Waals surface area contributed by atoms with Crippen molar-refractivity contribution in [2.45, 2.75) is 44.9 Å². The lowest BCUT2D eigenvalue weighted by atomic mass is 9.73. The summed E-state index contributed by atoms with van der Waals surface area (Å²) >= 11 is 1.55.